The Hall–Kier alpha value is 0. The summed E-state index contributed by atoms with van der Waals surface area (Å²) < 4.78 is 0. The molecule has 0 aromatic heterocycles. The van der Waals surface area contributed by atoms with Gasteiger partial charge >= 0.3 is 0 Å². The first-order valence-electron chi connectivity index (χ1n) is 12.7. The van der Waals surface area contributed by atoms with Gasteiger partial charge < -0.3 is 0 Å². The van der Waals surface area contributed by atoms with Crippen LogP contribution in [0.4, 0.5) is 0 Å². The Morgan fingerprint density at radius 1 is 0.385 bits per heavy atom. The highest BCUT2D eigenvalue weighted by Crippen LogP contribution is 2.19. The van der Waals surface area contributed by atoms with Gasteiger partial charge in [-0.3, -0.25) is 0 Å². The largest absolute Gasteiger partial charge is 0.0654 e. The van der Waals surface area contributed by atoms with Gasteiger partial charge in [0.2, 0.25) is 0 Å². The third kappa shape index (κ3) is 20.3. The molecular weight excluding hydrogens is 312 g/mol. The van der Waals surface area contributed by atoms with Crippen LogP contribution in [-0.4, -0.2) is 0 Å². The van der Waals surface area contributed by atoms with E-state index in [4.69, 9.17) is 0 Å². The third-order valence-corrected chi connectivity index (χ3v) is 6.39. The van der Waals surface area contributed by atoms with Crippen LogP contribution < -0.4 is 0 Å². The standard InChI is InChI=1S/C26H54/c1-5-7-8-9-10-11-12-13-14-15-16-17-19-23-26(4)24-21-18-20-22-25(3)6-2/h25-26H,5-24H2,1-4H3. The maximum atomic E-state index is 2.48. The summed E-state index contributed by atoms with van der Waals surface area (Å²) in [6, 6.07) is 0. The van der Waals surface area contributed by atoms with Gasteiger partial charge in [0, 0.05) is 0 Å². The number of unbranched alkanes of at least 4 members (excludes halogenated alkanes) is 14. The van der Waals surface area contributed by atoms with E-state index in [2.05, 4.69) is 27.7 Å². The summed E-state index contributed by atoms with van der Waals surface area (Å²) in [4.78, 5) is 0. The van der Waals surface area contributed by atoms with Crippen LogP contribution in [0.25, 0.3) is 0 Å². The van der Waals surface area contributed by atoms with Crippen LogP contribution in [0.1, 0.15) is 156 Å². The average Bonchev–Trinajstić information content (AvgIpc) is 2.65. The zero-order chi connectivity index (χ0) is 19.3. The van der Waals surface area contributed by atoms with E-state index in [-0.39, 0.29) is 0 Å². The van der Waals surface area contributed by atoms with E-state index in [9.17, 15) is 0 Å². The van der Waals surface area contributed by atoms with Crippen molar-refractivity contribution in [1.82, 2.24) is 0 Å². The van der Waals surface area contributed by atoms with Crippen molar-refractivity contribution in [1.29, 1.82) is 0 Å². The van der Waals surface area contributed by atoms with Gasteiger partial charge in [0.1, 0.15) is 0 Å². The lowest BCUT2D eigenvalue weighted by atomic mass is 9.94. The monoisotopic (exact) mass is 366 g/mol. The molecule has 2 unspecified atom stereocenters. The first-order valence-corrected chi connectivity index (χ1v) is 12.7. The summed E-state index contributed by atoms with van der Waals surface area (Å²) in [6.45, 7) is 9.51. The molecule has 0 aliphatic carbocycles. The van der Waals surface area contributed by atoms with Crippen LogP contribution in [0.5, 0.6) is 0 Å². The van der Waals surface area contributed by atoms with Crippen LogP contribution >= 0.6 is 0 Å². The smallest absolute Gasteiger partial charge is 0.0443 e. The fourth-order valence-corrected chi connectivity index (χ4v) is 4.02. The Morgan fingerprint density at radius 2 is 0.692 bits per heavy atom. The first-order chi connectivity index (χ1) is 12.7. The van der Waals surface area contributed by atoms with Gasteiger partial charge in [-0.25, -0.2) is 0 Å². The van der Waals surface area contributed by atoms with Gasteiger partial charge in [0.25, 0.3) is 0 Å². The second-order valence-electron chi connectivity index (χ2n) is 9.29. The summed E-state index contributed by atoms with van der Waals surface area (Å²) in [5.41, 5.74) is 0. The average molecular weight is 367 g/mol. The maximum Gasteiger partial charge on any atom is -0.0443 e. The molecule has 0 heterocycles. The number of hydrogen-bond acceptors (Lipinski definition) is 0. The molecule has 158 valence electrons. The van der Waals surface area contributed by atoms with Gasteiger partial charge in [-0.1, -0.05) is 156 Å². The quantitative estimate of drug-likeness (QED) is 0.177. The fourth-order valence-electron chi connectivity index (χ4n) is 4.02. The van der Waals surface area contributed by atoms with Crippen molar-refractivity contribution in [3.05, 3.63) is 0 Å². The highest BCUT2D eigenvalue weighted by Gasteiger charge is 2.03. The SMILES string of the molecule is CCCCCCCCCCCCCCCC(C)CCCCCC(C)CC. The molecule has 0 amide bonds. The van der Waals surface area contributed by atoms with Gasteiger partial charge in [0.15, 0.2) is 0 Å². The normalized spacial score (nSPS) is 13.8. The Morgan fingerprint density at radius 3 is 1.08 bits per heavy atom. The van der Waals surface area contributed by atoms with Gasteiger partial charge in [-0.15, -0.1) is 0 Å². The summed E-state index contributed by atoms with van der Waals surface area (Å²) >= 11 is 0. The van der Waals surface area contributed by atoms with E-state index in [0.29, 0.717) is 0 Å². The Kier molecular flexibility index (Phi) is 21.3. The molecule has 0 radical (unpaired) electrons. The predicted molar refractivity (Wildman–Crippen MR) is 122 cm³/mol. The molecule has 0 nitrogen and oxygen atoms in total. The first kappa shape index (κ1) is 26.0. The van der Waals surface area contributed by atoms with E-state index in [1.807, 2.05) is 0 Å². The molecule has 0 saturated carbocycles. The molecule has 0 aromatic carbocycles. The molecule has 0 aliphatic heterocycles. The van der Waals surface area contributed by atoms with Gasteiger partial charge in [0.05, 0.1) is 0 Å². The number of rotatable bonds is 21. The van der Waals surface area contributed by atoms with E-state index in [1.54, 1.807) is 0 Å². The second-order valence-corrected chi connectivity index (χ2v) is 9.29. The lowest BCUT2D eigenvalue weighted by Crippen LogP contribution is -1.96. The minimum atomic E-state index is 0.943. The van der Waals surface area contributed by atoms with Crippen LogP contribution in [0.15, 0.2) is 0 Å². The lowest BCUT2D eigenvalue weighted by Gasteiger charge is -2.12. The molecular formula is C26H54. The Labute approximate surface area is 168 Å². The third-order valence-electron chi connectivity index (χ3n) is 6.39. The van der Waals surface area contributed by atoms with Crippen molar-refractivity contribution in [2.45, 2.75) is 156 Å². The molecule has 0 saturated heterocycles. The molecule has 0 N–H and O–H groups in total. The molecule has 2 atom stereocenters. The topological polar surface area (TPSA) is 0 Å². The van der Waals surface area contributed by atoms with Crippen molar-refractivity contribution in [3.8, 4) is 0 Å². The summed E-state index contributed by atoms with van der Waals surface area (Å²) in [5, 5.41) is 0. The second kappa shape index (κ2) is 21.3. The van der Waals surface area contributed by atoms with Gasteiger partial charge in [-0.2, -0.15) is 0 Å². The molecule has 0 heteroatoms. The number of hydrogen-bond donors (Lipinski definition) is 0. The predicted octanol–water partition coefficient (Wildman–Crippen LogP) is 10.1. The Bertz CT molecular complexity index is 244. The van der Waals surface area contributed by atoms with Crippen molar-refractivity contribution >= 4 is 0 Å². The van der Waals surface area contributed by atoms with Crippen LogP contribution in [0.3, 0.4) is 0 Å². The van der Waals surface area contributed by atoms with Gasteiger partial charge in [-0.05, 0) is 11.8 Å². The van der Waals surface area contributed by atoms with E-state index in [1.165, 1.54) is 128 Å². The Balaban J connectivity index is 3.15. The molecule has 0 aliphatic rings. The van der Waals surface area contributed by atoms with Crippen molar-refractivity contribution < 1.29 is 0 Å². The van der Waals surface area contributed by atoms with Crippen molar-refractivity contribution in [2.75, 3.05) is 0 Å². The van der Waals surface area contributed by atoms with Crippen LogP contribution in [0, 0.1) is 11.8 Å². The van der Waals surface area contributed by atoms with Crippen molar-refractivity contribution in [2.24, 2.45) is 11.8 Å². The molecule has 0 fully saturated rings. The van der Waals surface area contributed by atoms with E-state index in [0.717, 1.165) is 11.8 Å². The minimum Gasteiger partial charge on any atom is -0.0654 e. The van der Waals surface area contributed by atoms with E-state index >= 15 is 0 Å². The summed E-state index contributed by atoms with van der Waals surface area (Å²) in [5.74, 6) is 1.91. The summed E-state index contributed by atoms with van der Waals surface area (Å²) in [6.07, 6.45) is 29.3. The summed E-state index contributed by atoms with van der Waals surface area (Å²) in [7, 11) is 0. The minimum absolute atomic E-state index is 0.943. The highest BCUT2D eigenvalue weighted by atomic mass is 14.1. The van der Waals surface area contributed by atoms with Crippen molar-refractivity contribution in [3.63, 3.8) is 0 Å². The lowest BCUT2D eigenvalue weighted by molar-refractivity contribution is 0.418. The zero-order valence-electron chi connectivity index (χ0n) is 19.3. The molecule has 0 rings (SSSR count). The maximum absolute atomic E-state index is 2.48. The van der Waals surface area contributed by atoms with E-state index < -0.39 is 0 Å². The molecule has 0 bridgehead atoms. The van der Waals surface area contributed by atoms with Crippen LogP contribution in [0.2, 0.25) is 0 Å². The highest BCUT2D eigenvalue weighted by molar-refractivity contribution is 4.57. The molecule has 0 aromatic rings. The zero-order valence-corrected chi connectivity index (χ0v) is 19.3. The molecule has 26 heavy (non-hydrogen) atoms. The fraction of sp³-hybridized carbons (Fsp3) is 1.00. The van der Waals surface area contributed by atoms with Crippen LogP contribution in [-0.2, 0) is 0 Å². The molecule has 0 spiro atoms.